The molecule has 0 radical (unpaired) electrons. The number of carbonyl (C=O) groups is 1. The maximum absolute atomic E-state index is 11.9. The standard InChI is InChI=1S/C16H28N2O/c1-14-7-5-6-12-18(14)13-16(19)17-11-10-15-8-3-2-4-9-15/h8,14H,2-7,9-13H2,1H3,(H,17,19). The fourth-order valence-electron chi connectivity index (χ4n) is 3.13. The maximum Gasteiger partial charge on any atom is 0.234 e. The van der Waals surface area contributed by atoms with E-state index >= 15 is 0 Å². The van der Waals surface area contributed by atoms with Gasteiger partial charge in [-0.2, -0.15) is 0 Å². The fourth-order valence-corrected chi connectivity index (χ4v) is 3.13. The van der Waals surface area contributed by atoms with Crippen LogP contribution in [0.25, 0.3) is 0 Å². The normalized spacial score (nSPS) is 24.9. The van der Waals surface area contributed by atoms with E-state index < -0.39 is 0 Å². The molecule has 0 aromatic carbocycles. The van der Waals surface area contributed by atoms with E-state index in [1.54, 1.807) is 0 Å². The van der Waals surface area contributed by atoms with E-state index in [1.807, 2.05) is 0 Å². The molecule has 3 heteroatoms. The largest absolute Gasteiger partial charge is 0.355 e. The molecule has 0 bridgehead atoms. The summed E-state index contributed by atoms with van der Waals surface area (Å²) in [6.45, 7) is 4.71. The quantitative estimate of drug-likeness (QED) is 0.774. The first-order valence-electron chi connectivity index (χ1n) is 7.94. The van der Waals surface area contributed by atoms with Crippen molar-refractivity contribution >= 4 is 5.91 Å². The Morgan fingerprint density at radius 1 is 1.37 bits per heavy atom. The lowest BCUT2D eigenvalue weighted by atomic mass is 9.97. The van der Waals surface area contributed by atoms with Gasteiger partial charge in [-0.25, -0.2) is 0 Å². The number of nitrogens with zero attached hydrogens (tertiary/aromatic N) is 1. The molecule has 0 saturated carbocycles. The zero-order chi connectivity index (χ0) is 13.5. The third kappa shape index (κ3) is 4.98. The average molecular weight is 264 g/mol. The van der Waals surface area contributed by atoms with Crippen LogP contribution in [0.5, 0.6) is 0 Å². The highest BCUT2D eigenvalue weighted by Crippen LogP contribution is 2.19. The van der Waals surface area contributed by atoms with E-state index in [-0.39, 0.29) is 5.91 Å². The summed E-state index contributed by atoms with van der Waals surface area (Å²) >= 11 is 0. The Morgan fingerprint density at radius 3 is 3.00 bits per heavy atom. The second-order valence-corrected chi connectivity index (χ2v) is 6.02. The Bertz CT molecular complexity index is 325. The molecule has 1 fully saturated rings. The molecule has 0 aromatic heterocycles. The third-order valence-corrected chi connectivity index (χ3v) is 4.44. The Labute approximate surface area is 117 Å². The third-order valence-electron chi connectivity index (χ3n) is 4.44. The van der Waals surface area contributed by atoms with Crippen LogP contribution in [0, 0.1) is 0 Å². The van der Waals surface area contributed by atoms with Gasteiger partial charge in [0.15, 0.2) is 0 Å². The number of piperidine rings is 1. The number of allylic oxidation sites excluding steroid dienone is 1. The van der Waals surface area contributed by atoms with Crippen LogP contribution < -0.4 is 5.32 Å². The molecule has 3 nitrogen and oxygen atoms in total. The molecule has 0 spiro atoms. The van der Waals surface area contributed by atoms with Crippen molar-refractivity contribution in [3.63, 3.8) is 0 Å². The average Bonchev–Trinajstić information content (AvgIpc) is 2.43. The van der Waals surface area contributed by atoms with Gasteiger partial charge in [-0.1, -0.05) is 18.1 Å². The van der Waals surface area contributed by atoms with Gasteiger partial charge in [0.05, 0.1) is 6.54 Å². The van der Waals surface area contributed by atoms with E-state index in [9.17, 15) is 4.79 Å². The van der Waals surface area contributed by atoms with E-state index in [0.29, 0.717) is 12.6 Å². The van der Waals surface area contributed by atoms with Crippen molar-refractivity contribution in [1.82, 2.24) is 10.2 Å². The van der Waals surface area contributed by atoms with Crippen molar-refractivity contribution in [3.05, 3.63) is 11.6 Å². The minimum absolute atomic E-state index is 0.199. The Balaban J connectivity index is 1.62. The second kappa shape index (κ2) is 7.68. The van der Waals surface area contributed by atoms with Gasteiger partial charge in [-0.05, 0) is 58.4 Å². The lowest BCUT2D eigenvalue weighted by Gasteiger charge is -2.32. The predicted octanol–water partition coefficient (Wildman–Crippen LogP) is 2.87. The fraction of sp³-hybridized carbons (Fsp3) is 0.812. The monoisotopic (exact) mass is 264 g/mol. The number of nitrogens with one attached hydrogen (secondary N) is 1. The topological polar surface area (TPSA) is 32.3 Å². The van der Waals surface area contributed by atoms with Gasteiger partial charge in [0.2, 0.25) is 5.91 Å². The second-order valence-electron chi connectivity index (χ2n) is 6.02. The summed E-state index contributed by atoms with van der Waals surface area (Å²) in [5.74, 6) is 0.199. The first-order valence-corrected chi connectivity index (χ1v) is 7.94. The molecule has 2 aliphatic rings. The van der Waals surface area contributed by atoms with Crippen molar-refractivity contribution in [3.8, 4) is 0 Å². The van der Waals surface area contributed by atoms with Gasteiger partial charge in [-0.15, -0.1) is 0 Å². The molecule has 1 heterocycles. The summed E-state index contributed by atoms with van der Waals surface area (Å²) in [4.78, 5) is 14.2. The van der Waals surface area contributed by atoms with Crippen LogP contribution in [0.1, 0.15) is 58.3 Å². The maximum atomic E-state index is 11.9. The van der Waals surface area contributed by atoms with Gasteiger partial charge in [0, 0.05) is 12.6 Å². The van der Waals surface area contributed by atoms with Gasteiger partial charge in [-0.3, -0.25) is 9.69 Å². The predicted molar refractivity (Wildman–Crippen MR) is 79.1 cm³/mol. The summed E-state index contributed by atoms with van der Waals surface area (Å²) in [5.41, 5.74) is 1.54. The van der Waals surface area contributed by atoms with E-state index in [2.05, 4.69) is 23.2 Å². The SMILES string of the molecule is CC1CCCCN1CC(=O)NCCC1=CCCCC1. The molecule has 1 aliphatic carbocycles. The van der Waals surface area contributed by atoms with Crippen LogP contribution >= 0.6 is 0 Å². The molecular weight excluding hydrogens is 236 g/mol. The van der Waals surface area contributed by atoms with Crippen LogP contribution in [0.2, 0.25) is 0 Å². The number of rotatable bonds is 5. The minimum Gasteiger partial charge on any atom is -0.355 e. The van der Waals surface area contributed by atoms with Crippen LogP contribution in [0.3, 0.4) is 0 Å². The first kappa shape index (κ1) is 14.6. The molecule has 108 valence electrons. The molecule has 1 saturated heterocycles. The van der Waals surface area contributed by atoms with Gasteiger partial charge >= 0.3 is 0 Å². The lowest BCUT2D eigenvalue weighted by molar-refractivity contribution is -0.123. The molecule has 1 aliphatic heterocycles. The number of amides is 1. The summed E-state index contributed by atoms with van der Waals surface area (Å²) in [7, 11) is 0. The smallest absolute Gasteiger partial charge is 0.234 e. The van der Waals surface area contributed by atoms with Gasteiger partial charge in [0.25, 0.3) is 0 Å². The molecule has 1 N–H and O–H groups in total. The van der Waals surface area contributed by atoms with Crippen molar-refractivity contribution in [2.24, 2.45) is 0 Å². The number of hydrogen-bond acceptors (Lipinski definition) is 2. The molecule has 19 heavy (non-hydrogen) atoms. The molecule has 1 amide bonds. The van der Waals surface area contributed by atoms with Crippen LogP contribution in [-0.2, 0) is 4.79 Å². The summed E-state index contributed by atoms with van der Waals surface area (Å²) < 4.78 is 0. The van der Waals surface area contributed by atoms with Crippen LogP contribution in [0.15, 0.2) is 11.6 Å². The highest BCUT2D eigenvalue weighted by molar-refractivity contribution is 5.78. The lowest BCUT2D eigenvalue weighted by Crippen LogP contribution is -2.44. The Kier molecular flexibility index (Phi) is 5.90. The van der Waals surface area contributed by atoms with Crippen molar-refractivity contribution in [2.75, 3.05) is 19.6 Å². The summed E-state index contributed by atoms with van der Waals surface area (Å²) in [6, 6.07) is 0.570. The van der Waals surface area contributed by atoms with Crippen molar-refractivity contribution in [1.29, 1.82) is 0 Å². The first-order chi connectivity index (χ1) is 9.25. The highest BCUT2D eigenvalue weighted by atomic mass is 16.2. The van der Waals surface area contributed by atoms with E-state index in [4.69, 9.17) is 0 Å². The molecule has 1 atom stereocenters. The number of hydrogen-bond donors (Lipinski definition) is 1. The molecular formula is C16H28N2O. The van der Waals surface area contributed by atoms with Gasteiger partial charge in [0.1, 0.15) is 0 Å². The zero-order valence-corrected chi connectivity index (χ0v) is 12.3. The van der Waals surface area contributed by atoms with Crippen LogP contribution in [0.4, 0.5) is 0 Å². The van der Waals surface area contributed by atoms with E-state index in [0.717, 1.165) is 19.5 Å². The number of likely N-dealkylation sites (tertiary alicyclic amines) is 1. The highest BCUT2D eigenvalue weighted by Gasteiger charge is 2.20. The van der Waals surface area contributed by atoms with Gasteiger partial charge < -0.3 is 5.32 Å². The Morgan fingerprint density at radius 2 is 2.26 bits per heavy atom. The van der Waals surface area contributed by atoms with Crippen molar-refractivity contribution < 1.29 is 4.79 Å². The minimum atomic E-state index is 0.199. The molecule has 1 unspecified atom stereocenters. The molecule has 2 rings (SSSR count). The van der Waals surface area contributed by atoms with Crippen molar-refractivity contribution in [2.45, 2.75) is 64.3 Å². The zero-order valence-electron chi connectivity index (χ0n) is 12.3. The molecule has 0 aromatic rings. The summed E-state index contributed by atoms with van der Waals surface area (Å²) in [5, 5.41) is 3.08. The summed E-state index contributed by atoms with van der Waals surface area (Å²) in [6.07, 6.45) is 12.3. The van der Waals surface area contributed by atoms with Crippen LogP contribution in [-0.4, -0.2) is 36.5 Å². The van der Waals surface area contributed by atoms with E-state index in [1.165, 1.54) is 50.5 Å². The Hall–Kier alpha value is -0.830. The number of carbonyl (C=O) groups excluding carboxylic acids is 1.